The van der Waals surface area contributed by atoms with Gasteiger partial charge in [-0.05, 0) is 67.5 Å². The van der Waals surface area contributed by atoms with E-state index in [2.05, 4.69) is 0 Å². The van der Waals surface area contributed by atoms with Gasteiger partial charge in [0.1, 0.15) is 5.82 Å². The van der Waals surface area contributed by atoms with Crippen molar-refractivity contribution in [2.45, 2.75) is 39.2 Å². The lowest BCUT2D eigenvalue weighted by Gasteiger charge is -2.32. The number of ether oxygens (including phenoxy) is 1. The Kier molecular flexibility index (Phi) is 8.17. The Morgan fingerprint density at radius 1 is 1.05 bits per heavy atom. The molecular weight excluding hydrogens is 493 g/mol. The van der Waals surface area contributed by atoms with E-state index in [0.717, 1.165) is 47.0 Å². The number of likely N-dealkylation sites (tertiary alicyclic amines) is 1. The number of piperidine rings is 1. The van der Waals surface area contributed by atoms with Crippen LogP contribution in [0.25, 0.3) is 22.0 Å². The number of rotatable bonds is 9. The summed E-state index contributed by atoms with van der Waals surface area (Å²) >= 11 is 0. The average molecular weight is 528 g/mol. The van der Waals surface area contributed by atoms with Crippen molar-refractivity contribution in [3.63, 3.8) is 0 Å². The quantitative estimate of drug-likeness (QED) is 0.189. The molecule has 1 amide bonds. The monoisotopic (exact) mass is 527 g/mol. The zero-order valence-electron chi connectivity index (χ0n) is 22.5. The molecule has 1 saturated heterocycles. The number of aryl methyl sites for hydroxylation is 1. The molecule has 0 atom stereocenters. The number of carbonyl (C=O) groups is 2. The van der Waals surface area contributed by atoms with Crippen molar-refractivity contribution < 1.29 is 18.7 Å². The first-order valence-corrected chi connectivity index (χ1v) is 13.6. The minimum atomic E-state index is -0.386. The number of amides is 1. The lowest BCUT2D eigenvalue weighted by atomic mass is 9.96. The number of methoxy groups -OCH3 is 1. The summed E-state index contributed by atoms with van der Waals surface area (Å²) in [7, 11) is 1.64. The second-order valence-electron chi connectivity index (χ2n) is 10.3. The van der Waals surface area contributed by atoms with Gasteiger partial charge >= 0.3 is 0 Å². The van der Waals surface area contributed by atoms with Crippen LogP contribution in [0.5, 0.6) is 0 Å². The lowest BCUT2D eigenvalue weighted by molar-refractivity contribution is 0.0680. The molecular formula is C32H34FN3O3. The molecule has 1 aromatic heterocycles. The topological polar surface area (TPSA) is 64.4 Å². The van der Waals surface area contributed by atoms with Crippen LogP contribution < -0.4 is 0 Å². The maximum atomic E-state index is 14.8. The first kappa shape index (κ1) is 26.8. The molecule has 0 bridgehead atoms. The third-order valence-electron chi connectivity index (χ3n) is 7.71. The molecule has 7 heteroatoms. The maximum absolute atomic E-state index is 14.8. The molecule has 1 aliphatic heterocycles. The van der Waals surface area contributed by atoms with Crippen molar-refractivity contribution in [3.05, 3.63) is 89.4 Å². The van der Waals surface area contributed by atoms with Crippen LogP contribution in [0.2, 0.25) is 0 Å². The van der Waals surface area contributed by atoms with Crippen LogP contribution >= 0.6 is 0 Å². The second kappa shape index (κ2) is 11.9. The first-order valence-electron chi connectivity index (χ1n) is 13.6. The highest BCUT2D eigenvalue weighted by Gasteiger charge is 2.25. The fraction of sp³-hybridized carbons (Fsp3) is 0.344. The molecule has 4 aromatic rings. The number of hydrogen-bond donors (Lipinski definition) is 0. The summed E-state index contributed by atoms with van der Waals surface area (Å²) < 4.78 is 21.9. The van der Waals surface area contributed by atoms with Crippen molar-refractivity contribution in [2.75, 3.05) is 26.8 Å². The lowest BCUT2D eigenvalue weighted by Crippen LogP contribution is -2.39. The largest absolute Gasteiger partial charge is 0.385 e. The Morgan fingerprint density at radius 3 is 2.54 bits per heavy atom. The molecule has 0 aliphatic carbocycles. The molecule has 0 N–H and O–H groups in total. The molecule has 0 radical (unpaired) electrons. The van der Waals surface area contributed by atoms with E-state index >= 15 is 0 Å². The number of Topliss-reactive ketones (excluding diaryl/α,β-unsaturated/α-hetero) is 1. The third kappa shape index (κ3) is 5.93. The predicted octanol–water partition coefficient (Wildman–Crippen LogP) is 6.31. The highest BCUT2D eigenvalue weighted by Crippen LogP contribution is 2.27. The molecule has 0 unspecified atom stereocenters. The molecule has 2 heterocycles. The Hall–Kier alpha value is -3.84. The van der Waals surface area contributed by atoms with Crippen molar-refractivity contribution in [1.29, 1.82) is 0 Å². The van der Waals surface area contributed by atoms with Crippen molar-refractivity contribution in [1.82, 2.24) is 14.7 Å². The molecule has 3 aromatic carbocycles. The highest BCUT2D eigenvalue weighted by atomic mass is 19.1. The van der Waals surface area contributed by atoms with Gasteiger partial charge in [0.15, 0.2) is 5.78 Å². The summed E-state index contributed by atoms with van der Waals surface area (Å²) in [6, 6.07) is 17.9. The van der Waals surface area contributed by atoms with Crippen LogP contribution in [-0.4, -0.2) is 53.2 Å². The van der Waals surface area contributed by atoms with Crippen molar-refractivity contribution in [2.24, 2.45) is 5.92 Å². The summed E-state index contributed by atoms with van der Waals surface area (Å²) in [4.78, 5) is 27.6. The maximum Gasteiger partial charge on any atom is 0.253 e. The van der Waals surface area contributed by atoms with Gasteiger partial charge < -0.3 is 9.64 Å². The van der Waals surface area contributed by atoms with Gasteiger partial charge in [-0.25, -0.2) is 4.39 Å². The van der Waals surface area contributed by atoms with Crippen LogP contribution in [0.15, 0.2) is 66.9 Å². The summed E-state index contributed by atoms with van der Waals surface area (Å²) in [5.41, 5.74) is 4.27. The normalized spacial score (nSPS) is 14.2. The Bertz CT molecular complexity index is 1470. The van der Waals surface area contributed by atoms with Crippen molar-refractivity contribution in [3.8, 4) is 11.1 Å². The first-order chi connectivity index (χ1) is 18.9. The molecule has 1 fully saturated rings. The summed E-state index contributed by atoms with van der Waals surface area (Å²) in [6.07, 6.45) is 4.92. The Balaban J connectivity index is 1.19. The summed E-state index contributed by atoms with van der Waals surface area (Å²) in [5, 5.41) is 5.75. The zero-order valence-corrected chi connectivity index (χ0v) is 22.5. The second-order valence-corrected chi connectivity index (χ2v) is 10.3. The number of carbonyl (C=O) groups excluding carboxylic acids is 2. The van der Waals surface area contributed by atoms with Crippen LogP contribution in [0, 0.1) is 18.7 Å². The SMILES string of the molecule is COCCCC(=O)c1ccc2nn(CC3CCN(C(=O)c4ccc(-c5ccccc5)c(F)c4)CC3)cc2c1C. The van der Waals surface area contributed by atoms with Gasteiger partial charge in [-0.2, -0.15) is 5.10 Å². The predicted molar refractivity (Wildman–Crippen MR) is 150 cm³/mol. The molecule has 202 valence electrons. The zero-order chi connectivity index (χ0) is 27.4. The van der Waals surface area contributed by atoms with E-state index in [9.17, 15) is 14.0 Å². The number of halogens is 1. The molecule has 39 heavy (non-hydrogen) atoms. The summed E-state index contributed by atoms with van der Waals surface area (Å²) in [6.45, 7) is 4.58. The van der Waals surface area contributed by atoms with E-state index < -0.39 is 0 Å². The van der Waals surface area contributed by atoms with Gasteiger partial charge in [0.05, 0.1) is 5.52 Å². The number of ketones is 1. The minimum Gasteiger partial charge on any atom is -0.385 e. The van der Waals surface area contributed by atoms with E-state index in [1.54, 1.807) is 19.2 Å². The Labute approximate surface area is 228 Å². The van der Waals surface area contributed by atoms with Gasteiger partial charge in [-0.15, -0.1) is 0 Å². The Morgan fingerprint density at radius 2 is 1.82 bits per heavy atom. The van der Waals surface area contributed by atoms with Gasteiger partial charge in [0.2, 0.25) is 0 Å². The van der Waals surface area contributed by atoms with Crippen LogP contribution in [0.1, 0.15) is 52.0 Å². The summed E-state index contributed by atoms with van der Waals surface area (Å²) in [5.74, 6) is -0.000227. The fourth-order valence-corrected chi connectivity index (χ4v) is 5.45. The van der Waals surface area contributed by atoms with E-state index in [-0.39, 0.29) is 17.5 Å². The molecule has 5 rings (SSSR count). The number of nitrogens with zero attached hydrogens (tertiary/aromatic N) is 3. The van der Waals surface area contributed by atoms with Crippen molar-refractivity contribution >= 4 is 22.6 Å². The van der Waals surface area contributed by atoms with E-state index in [0.29, 0.717) is 49.6 Å². The average Bonchev–Trinajstić information content (AvgIpc) is 3.37. The van der Waals surface area contributed by atoms with E-state index in [4.69, 9.17) is 9.84 Å². The van der Waals surface area contributed by atoms with E-state index in [1.165, 1.54) is 6.07 Å². The third-order valence-corrected chi connectivity index (χ3v) is 7.71. The standard InChI is InChI=1S/C32H34FN3O3/c1-22-26(31(37)9-6-18-39-2)12-13-30-28(22)21-36(34-30)20-23-14-16-35(17-15-23)32(38)25-10-11-27(29(33)19-25)24-7-4-3-5-8-24/h3-5,7-8,10-13,19,21,23H,6,9,14-18,20H2,1-2H3. The van der Waals surface area contributed by atoms with Gasteiger partial charge in [0.25, 0.3) is 5.91 Å². The number of benzene rings is 3. The van der Waals surface area contributed by atoms with Gasteiger partial charge in [-0.3, -0.25) is 14.3 Å². The molecule has 6 nitrogen and oxygen atoms in total. The van der Waals surface area contributed by atoms with Gasteiger partial charge in [-0.1, -0.05) is 36.4 Å². The van der Waals surface area contributed by atoms with Gasteiger partial charge in [0, 0.05) is 68.0 Å². The minimum absolute atomic E-state index is 0.130. The number of hydrogen-bond acceptors (Lipinski definition) is 4. The number of fused-ring (bicyclic) bond motifs is 1. The molecule has 1 aliphatic rings. The van der Waals surface area contributed by atoms with Crippen LogP contribution in [0.3, 0.4) is 0 Å². The fourth-order valence-electron chi connectivity index (χ4n) is 5.45. The molecule has 0 spiro atoms. The van der Waals surface area contributed by atoms with Crippen LogP contribution in [-0.2, 0) is 11.3 Å². The van der Waals surface area contributed by atoms with Crippen LogP contribution in [0.4, 0.5) is 4.39 Å². The number of aromatic nitrogens is 2. The molecule has 0 saturated carbocycles. The van der Waals surface area contributed by atoms with E-state index in [1.807, 2.05) is 65.2 Å². The smallest absolute Gasteiger partial charge is 0.253 e. The highest BCUT2D eigenvalue weighted by molar-refractivity contribution is 6.01.